The van der Waals surface area contributed by atoms with Gasteiger partial charge in [0.1, 0.15) is 0 Å². The monoisotopic (exact) mass is 278 g/mol. The number of nitrogens with two attached hydrogens (primary N) is 1. The normalized spacial score (nSPS) is 17.4. The highest BCUT2D eigenvalue weighted by Gasteiger charge is 2.29. The Morgan fingerprint density at radius 2 is 2.32 bits per heavy atom. The summed E-state index contributed by atoms with van der Waals surface area (Å²) >= 11 is 1.46. The third-order valence-electron chi connectivity index (χ3n) is 3.19. The van der Waals surface area contributed by atoms with E-state index < -0.39 is 0 Å². The smallest absolute Gasteiger partial charge is 0.252 e. The third kappa shape index (κ3) is 3.80. The molecule has 1 aromatic rings. The molecule has 0 radical (unpaired) electrons. The fourth-order valence-electron chi connectivity index (χ4n) is 1.95. The van der Waals surface area contributed by atoms with Crippen molar-refractivity contribution in [1.82, 2.24) is 5.32 Å². The zero-order valence-electron chi connectivity index (χ0n) is 11.0. The molecule has 1 aromatic heterocycles. The highest BCUT2D eigenvalue weighted by molar-refractivity contribution is 7.10. The molecule has 19 heavy (non-hydrogen) atoms. The number of nitrogens with one attached hydrogen (secondary N) is 1. The van der Waals surface area contributed by atoms with Crippen molar-refractivity contribution in [3.05, 3.63) is 21.9 Å². The van der Waals surface area contributed by atoms with Gasteiger partial charge in [-0.3, -0.25) is 4.79 Å². The number of ether oxygens (including phenoxy) is 1. The van der Waals surface area contributed by atoms with Crippen LogP contribution in [0.4, 0.5) is 0 Å². The van der Waals surface area contributed by atoms with Crippen LogP contribution in [0.5, 0.6) is 0 Å². The summed E-state index contributed by atoms with van der Waals surface area (Å²) in [5.41, 5.74) is 5.82. The predicted molar refractivity (Wildman–Crippen MR) is 76.2 cm³/mol. The van der Waals surface area contributed by atoms with E-state index in [9.17, 15) is 4.79 Å². The Morgan fingerprint density at radius 3 is 3.00 bits per heavy atom. The molecule has 0 saturated carbocycles. The number of rotatable bonds is 2. The molecule has 5 heteroatoms. The molecule has 0 aliphatic carbocycles. The van der Waals surface area contributed by atoms with E-state index in [0.29, 0.717) is 25.3 Å². The van der Waals surface area contributed by atoms with Gasteiger partial charge in [0.15, 0.2) is 0 Å². The third-order valence-corrected chi connectivity index (χ3v) is 4.03. The van der Waals surface area contributed by atoms with E-state index in [2.05, 4.69) is 24.1 Å². The molecule has 0 spiro atoms. The second-order valence-electron chi connectivity index (χ2n) is 4.83. The van der Waals surface area contributed by atoms with Crippen LogP contribution in [0.15, 0.2) is 11.4 Å². The summed E-state index contributed by atoms with van der Waals surface area (Å²) in [6, 6.07) is 1.81. The molecule has 4 nitrogen and oxygen atoms in total. The van der Waals surface area contributed by atoms with Crippen molar-refractivity contribution in [3.63, 3.8) is 0 Å². The van der Waals surface area contributed by atoms with Crippen LogP contribution in [0.2, 0.25) is 0 Å². The lowest BCUT2D eigenvalue weighted by Gasteiger charge is -2.34. The van der Waals surface area contributed by atoms with Crippen LogP contribution in [-0.2, 0) is 4.74 Å². The van der Waals surface area contributed by atoms with Gasteiger partial charge in [-0.15, -0.1) is 11.3 Å². The minimum absolute atomic E-state index is 0.0403. The van der Waals surface area contributed by atoms with Crippen molar-refractivity contribution < 1.29 is 9.53 Å². The number of hydrogen-bond donors (Lipinski definition) is 2. The first kappa shape index (κ1) is 14.1. The van der Waals surface area contributed by atoms with Crippen LogP contribution in [0.1, 0.15) is 35.0 Å². The lowest BCUT2D eigenvalue weighted by molar-refractivity contribution is 0.0423. The van der Waals surface area contributed by atoms with Crippen LogP contribution >= 0.6 is 11.3 Å². The van der Waals surface area contributed by atoms with E-state index >= 15 is 0 Å². The molecule has 0 bridgehead atoms. The second-order valence-corrected chi connectivity index (χ2v) is 5.74. The van der Waals surface area contributed by atoms with E-state index in [4.69, 9.17) is 10.5 Å². The molecule has 3 N–H and O–H groups in total. The standard InChI is InChI=1S/C14H18N2O2S/c1-14(4-7-18-8-5-14)16-13(17)11-9-12(19-10-11)3-2-6-15/h9-10H,4-8,15H2,1H3,(H,16,17). The Bertz CT molecular complexity index is 507. The summed E-state index contributed by atoms with van der Waals surface area (Å²) in [5.74, 6) is 5.68. The topological polar surface area (TPSA) is 64.4 Å². The van der Waals surface area contributed by atoms with Crippen LogP contribution in [0, 0.1) is 11.8 Å². The molecular weight excluding hydrogens is 260 g/mol. The number of amides is 1. The van der Waals surface area contributed by atoms with Crippen molar-refractivity contribution >= 4 is 17.2 Å². The second kappa shape index (κ2) is 6.20. The molecule has 2 heterocycles. The van der Waals surface area contributed by atoms with Gasteiger partial charge < -0.3 is 15.8 Å². The van der Waals surface area contributed by atoms with Crippen LogP contribution in [-0.4, -0.2) is 31.2 Å². The van der Waals surface area contributed by atoms with Gasteiger partial charge in [0.2, 0.25) is 0 Å². The first-order chi connectivity index (χ1) is 9.13. The van der Waals surface area contributed by atoms with E-state index in [1.165, 1.54) is 11.3 Å². The van der Waals surface area contributed by atoms with Crippen molar-refractivity contribution in [2.45, 2.75) is 25.3 Å². The van der Waals surface area contributed by atoms with Crippen molar-refractivity contribution in [2.75, 3.05) is 19.8 Å². The van der Waals surface area contributed by atoms with E-state index in [1.807, 2.05) is 11.4 Å². The molecule has 1 aliphatic rings. The van der Waals surface area contributed by atoms with Gasteiger partial charge in [-0.1, -0.05) is 11.8 Å². The lowest BCUT2D eigenvalue weighted by atomic mass is 9.92. The summed E-state index contributed by atoms with van der Waals surface area (Å²) < 4.78 is 5.32. The highest BCUT2D eigenvalue weighted by Crippen LogP contribution is 2.21. The summed E-state index contributed by atoms with van der Waals surface area (Å²) in [4.78, 5) is 13.1. The van der Waals surface area contributed by atoms with Gasteiger partial charge >= 0.3 is 0 Å². The number of carbonyl (C=O) groups is 1. The summed E-state index contributed by atoms with van der Waals surface area (Å²) in [6.07, 6.45) is 1.70. The lowest BCUT2D eigenvalue weighted by Crippen LogP contribution is -2.49. The Hall–Kier alpha value is -1.35. The van der Waals surface area contributed by atoms with Crippen molar-refractivity contribution in [2.24, 2.45) is 5.73 Å². The van der Waals surface area contributed by atoms with Crippen LogP contribution in [0.25, 0.3) is 0 Å². The fraction of sp³-hybridized carbons (Fsp3) is 0.500. The van der Waals surface area contributed by atoms with Crippen molar-refractivity contribution in [1.29, 1.82) is 0 Å². The largest absolute Gasteiger partial charge is 0.381 e. The van der Waals surface area contributed by atoms with E-state index in [1.54, 1.807) is 0 Å². The minimum atomic E-state index is -0.166. The molecule has 0 unspecified atom stereocenters. The Balaban J connectivity index is 2.01. The van der Waals surface area contributed by atoms with E-state index in [0.717, 1.165) is 17.7 Å². The maximum atomic E-state index is 12.2. The predicted octanol–water partition coefficient (Wildman–Crippen LogP) is 1.36. The first-order valence-corrected chi connectivity index (χ1v) is 7.19. The van der Waals surface area contributed by atoms with Gasteiger partial charge in [0.05, 0.1) is 17.0 Å². The SMILES string of the molecule is CC1(NC(=O)c2csc(C#CCN)c2)CCOCC1. The Kier molecular flexibility index (Phi) is 4.59. The minimum Gasteiger partial charge on any atom is -0.381 e. The zero-order chi connectivity index (χ0) is 13.7. The maximum Gasteiger partial charge on any atom is 0.252 e. The van der Waals surface area contributed by atoms with Crippen molar-refractivity contribution in [3.8, 4) is 11.8 Å². The molecule has 1 aliphatic heterocycles. The molecule has 1 fully saturated rings. The average molecular weight is 278 g/mol. The summed E-state index contributed by atoms with van der Waals surface area (Å²) in [5, 5.41) is 4.93. The van der Waals surface area contributed by atoms with Crippen LogP contribution < -0.4 is 11.1 Å². The average Bonchev–Trinajstić information content (AvgIpc) is 2.85. The Morgan fingerprint density at radius 1 is 1.58 bits per heavy atom. The summed E-state index contributed by atoms with van der Waals surface area (Å²) in [7, 11) is 0. The van der Waals surface area contributed by atoms with Gasteiger partial charge in [-0.25, -0.2) is 0 Å². The number of thiophene rings is 1. The molecule has 2 rings (SSSR count). The maximum absolute atomic E-state index is 12.2. The highest BCUT2D eigenvalue weighted by atomic mass is 32.1. The molecule has 102 valence electrons. The molecule has 1 saturated heterocycles. The van der Waals surface area contributed by atoms with Gasteiger partial charge in [-0.2, -0.15) is 0 Å². The van der Waals surface area contributed by atoms with Gasteiger partial charge in [0, 0.05) is 24.1 Å². The zero-order valence-corrected chi connectivity index (χ0v) is 11.8. The summed E-state index contributed by atoms with van der Waals surface area (Å²) in [6.45, 7) is 3.80. The fourth-order valence-corrected chi connectivity index (χ4v) is 2.71. The number of carbonyl (C=O) groups excluding carboxylic acids is 1. The van der Waals surface area contributed by atoms with Crippen LogP contribution in [0.3, 0.4) is 0 Å². The van der Waals surface area contributed by atoms with E-state index in [-0.39, 0.29) is 11.4 Å². The molecular formula is C14H18N2O2S. The molecule has 1 amide bonds. The number of hydrogen-bond acceptors (Lipinski definition) is 4. The molecule has 0 aromatic carbocycles. The first-order valence-electron chi connectivity index (χ1n) is 6.31. The Labute approximate surface area is 117 Å². The van der Waals surface area contributed by atoms with Gasteiger partial charge in [0.25, 0.3) is 5.91 Å². The quantitative estimate of drug-likeness (QED) is 0.803. The molecule has 0 atom stereocenters. The van der Waals surface area contributed by atoms with Gasteiger partial charge in [-0.05, 0) is 25.8 Å².